The largest absolute Gasteiger partial charge is 0.481 e. The van der Waals surface area contributed by atoms with Crippen molar-refractivity contribution in [3.63, 3.8) is 0 Å². The Bertz CT molecular complexity index is 548. The van der Waals surface area contributed by atoms with Gasteiger partial charge in [-0.3, -0.25) is 9.59 Å². The van der Waals surface area contributed by atoms with Gasteiger partial charge in [0, 0.05) is 16.7 Å². The monoisotopic (exact) mass is 354 g/mol. The fourth-order valence-corrected chi connectivity index (χ4v) is 3.24. The maximum Gasteiger partial charge on any atom is 0.306 e. The van der Waals surface area contributed by atoms with Crippen LogP contribution < -0.4 is 11.1 Å². The fraction of sp³-hybridized carbons (Fsp3) is 0.467. The minimum absolute atomic E-state index is 0.0000321. The number of nitrogen functional groups attached to an aromatic ring is 1. The first-order valence-corrected chi connectivity index (χ1v) is 7.84. The minimum Gasteiger partial charge on any atom is -0.481 e. The maximum atomic E-state index is 12.2. The Morgan fingerprint density at radius 3 is 2.76 bits per heavy atom. The molecule has 21 heavy (non-hydrogen) atoms. The number of rotatable bonds is 4. The summed E-state index contributed by atoms with van der Waals surface area (Å²) in [5.74, 6) is -1.36. The molecule has 4 N–H and O–H groups in total. The van der Waals surface area contributed by atoms with Crippen LogP contribution in [0.3, 0.4) is 0 Å². The van der Waals surface area contributed by atoms with E-state index in [1.807, 2.05) is 0 Å². The van der Waals surface area contributed by atoms with Gasteiger partial charge in [-0.1, -0.05) is 12.8 Å². The maximum absolute atomic E-state index is 12.2. The zero-order valence-corrected chi connectivity index (χ0v) is 13.2. The quantitative estimate of drug-likeness (QED) is 0.724. The second kappa shape index (κ2) is 6.93. The van der Waals surface area contributed by atoms with Gasteiger partial charge in [0.2, 0.25) is 0 Å². The first-order chi connectivity index (χ1) is 9.99. The Hall–Kier alpha value is -1.56. The van der Waals surface area contributed by atoms with Crippen molar-refractivity contribution in [2.24, 2.45) is 11.8 Å². The van der Waals surface area contributed by atoms with Crippen LogP contribution in [0.25, 0.3) is 0 Å². The number of carboxylic acid groups (broad SMARTS) is 1. The number of anilines is 1. The van der Waals surface area contributed by atoms with Crippen molar-refractivity contribution in [2.75, 3.05) is 12.3 Å². The highest BCUT2D eigenvalue weighted by molar-refractivity contribution is 9.10. The van der Waals surface area contributed by atoms with Crippen LogP contribution in [0.2, 0.25) is 0 Å². The number of hydrogen-bond donors (Lipinski definition) is 3. The molecule has 1 amide bonds. The Labute approximate surface area is 132 Å². The highest BCUT2D eigenvalue weighted by Gasteiger charge is 2.30. The molecule has 1 fully saturated rings. The second-order valence-electron chi connectivity index (χ2n) is 5.44. The molecule has 6 heteroatoms. The lowest BCUT2D eigenvalue weighted by molar-refractivity contribution is -0.144. The summed E-state index contributed by atoms with van der Waals surface area (Å²) < 4.78 is 0.674. The molecule has 2 rings (SSSR count). The SMILES string of the molecule is Nc1ccc(Br)c(C(=O)NCC2CCCCC2C(=O)O)c1. The topological polar surface area (TPSA) is 92.4 Å². The Balaban J connectivity index is 1.99. The zero-order valence-electron chi connectivity index (χ0n) is 11.6. The number of carboxylic acids is 1. The zero-order chi connectivity index (χ0) is 15.4. The number of carbonyl (C=O) groups is 2. The molecule has 5 nitrogen and oxygen atoms in total. The molecule has 0 bridgehead atoms. The predicted molar refractivity (Wildman–Crippen MR) is 84.0 cm³/mol. The summed E-state index contributed by atoms with van der Waals surface area (Å²) in [5, 5.41) is 12.1. The van der Waals surface area contributed by atoms with E-state index in [4.69, 9.17) is 5.73 Å². The number of nitrogens with two attached hydrogens (primary N) is 1. The van der Waals surface area contributed by atoms with Crippen LogP contribution in [0.15, 0.2) is 22.7 Å². The van der Waals surface area contributed by atoms with Gasteiger partial charge >= 0.3 is 5.97 Å². The number of benzene rings is 1. The molecule has 2 unspecified atom stereocenters. The average molecular weight is 355 g/mol. The number of aliphatic carboxylic acids is 1. The Kier molecular flexibility index (Phi) is 5.22. The van der Waals surface area contributed by atoms with E-state index in [0.717, 1.165) is 19.3 Å². The van der Waals surface area contributed by atoms with E-state index in [1.54, 1.807) is 18.2 Å². The molecule has 114 valence electrons. The van der Waals surface area contributed by atoms with E-state index < -0.39 is 5.97 Å². The predicted octanol–water partition coefficient (Wildman–Crippen LogP) is 2.65. The van der Waals surface area contributed by atoms with Crippen LogP contribution in [0, 0.1) is 11.8 Å². The number of amides is 1. The summed E-state index contributed by atoms with van der Waals surface area (Å²) in [6, 6.07) is 5.04. The normalized spacial score (nSPS) is 21.8. The van der Waals surface area contributed by atoms with Crippen molar-refractivity contribution in [3.05, 3.63) is 28.2 Å². The molecule has 0 aromatic heterocycles. The molecule has 0 aliphatic heterocycles. The highest BCUT2D eigenvalue weighted by atomic mass is 79.9. The molecular weight excluding hydrogens is 336 g/mol. The van der Waals surface area contributed by atoms with Crippen LogP contribution in [0.1, 0.15) is 36.0 Å². The summed E-state index contributed by atoms with van der Waals surface area (Å²) in [4.78, 5) is 23.4. The molecule has 1 aliphatic carbocycles. The van der Waals surface area contributed by atoms with Gasteiger partial charge in [-0.05, 0) is 52.9 Å². The Morgan fingerprint density at radius 2 is 2.05 bits per heavy atom. The third-order valence-electron chi connectivity index (χ3n) is 3.99. The summed E-state index contributed by atoms with van der Waals surface area (Å²) in [6.07, 6.45) is 3.50. The van der Waals surface area contributed by atoms with Gasteiger partial charge < -0.3 is 16.2 Å². The van der Waals surface area contributed by atoms with Crippen LogP contribution >= 0.6 is 15.9 Å². The summed E-state index contributed by atoms with van der Waals surface area (Å²) in [5.41, 5.74) is 6.68. The standard InChI is InChI=1S/C15H19BrN2O3/c16-13-6-5-10(17)7-12(13)14(19)18-8-9-3-1-2-4-11(9)15(20)21/h5-7,9,11H,1-4,8,17H2,(H,18,19)(H,20,21). The van der Waals surface area contributed by atoms with Crippen molar-refractivity contribution in [3.8, 4) is 0 Å². The lowest BCUT2D eigenvalue weighted by Crippen LogP contribution is -2.37. The molecule has 1 aliphatic rings. The third kappa shape index (κ3) is 3.97. The lowest BCUT2D eigenvalue weighted by Gasteiger charge is -2.28. The molecule has 2 atom stereocenters. The smallest absolute Gasteiger partial charge is 0.306 e. The van der Waals surface area contributed by atoms with E-state index in [1.165, 1.54) is 0 Å². The Morgan fingerprint density at radius 1 is 1.33 bits per heavy atom. The van der Waals surface area contributed by atoms with E-state index in [9.17, 15) is 14.7 Å². The van der Waals surface area contributed by atoms with Gasteiger partial charge in [0.05, 0.1) is 11.5 Å². The van der Waals surface area contributed by atoms with Gasteiger partial charge in [0.1, 0.15) is 0 Å². The average Bonchev–Trinajstić information content (AvgIpc) is 2.47. The first-order valence-electron chi connectivity index (χ1n) is 7.05. The van der Waals surface area contributed by atoms with Gasteiger partial charge in [0.15, 0.2) is 0 Å². The van der Waals surface area contributed by atoms with Crippen LogP contribution in [0.5, 0.6) is 0 Å². The number of halogens is 1. The number of carbonyl (C=O) groups excluding carboxylic acids is 1. The molecule has 0 saturated heterocycles. The summed E-state index contributed by atoms with van der Waals surface area (Å²) in [6.45, 7) is 0.386. The van der Waals surface area contributed by atoms with Crippen LogP contribution in [-0.4, -0.2) is 23.5 Å². The molecular formula is C15H19BrN2O3. The van der Waals surface area contributed by atoms with Crippen molar-refractivity contribution in [1.82, 2.24) is 5.32 Å². The number of hydrogen-bond acceptors (Lipinski definition) is 3. The fourth-order valence-electron chi connectivity index (χ4n) is 2.81. The first kappa shape index (κ1) is 15.8. The van der Waals surface area contributed by atoms with Crippen molar-refractivity contribution >= 4 is 33.5 Å². The van der Waals surface area contributed by atoms with E-state index in [-0.39, 0.29) is 17.7 Å². The molecule has 0 radical (unpaired) electrons. The van der Waals surface area contributed by atoms with E-state index in [0.29, 0.717) is 28.7 Å². The molecule has 1 aromatic carbocycles. The summed E-state index contributed by atoms with van der Waals surface area (Å²) >= 11 is 3.32. The van der Waals surface area contributed by atoms with Gasteiger partial charge in [-0.15, -0.1) is 0 Å². The minimum atomic E-state index is -0.765. The third-order valence-corrected chi connectivity index (χ3v) is 4.68. The molecule has 1 saturated carbocycles. The lowest BCUT2D eigenvalue weighted by atomic mass is 9.79. The summed E-state index contributed by atoms with van der Waals surface area (Å²) in [7, 11) is 0. The highest BCUT2D eigenvalue weighted by Crippen LogP contribution is 2.30. The van der Waals surface area contributed by atoms with Gasteiger partial charge in [0.25, 0.3) is 5.91 Å². The van der Waals surface area contributed by atoms with Crippen LogP contribution in [-0.2, 0) is 4.79 Å². The van der Waals surface area contributed by atoms with Gasteiger partial charge in [-0.25, -0.2) is 0 Å². The molecule has 1 aromatic rings. The van der Waals surface area contributed by atoms with Crippen molar-refractivity contribution < 1.29 is 14.7 Å². The van der Waals surface area contributed by atoms with E-state index in [2.05, 4.69) is 21.2 Å². The van der Waals surface area contributed by atoms with E-state index >= 15 is 0 Å². The van der Waals surface area contributed by atoms with Crippen molar-refractivity contribution in [1.29, 1.82) is 0 Å². The van der Waals surface area contributed by atoms with Crippen molar-refractivity contribution in [2.45, 2.75) is 25.7 Å². The van der Waals surface area contributed by atoms with Gasteiger partial charge in [-0.2, -0.15) is 0 Å². The molecule has 0 heterocycles. The number of nitrogens with one attached hydrogen (secondary N) is 1. The van der Waals surface area contributed by atoms with Crippen LogP contribution in [0.4, 0.5) is 5.69 Å². The molecule has 0 spiro atoms. The second-order valence-corrected chi connectivity index (χ2v) is 6.29.